The number of pyridine rings is 1. The first-order valence-electron chi connectivity index (χ1n) is 11.3. The van der Waals surface area contributed by atoms with Gasteiger partial charge in [-0.05, 0) is 57.4 Å². The van der Waals surface area contributed by atoms with E-state index in [1.807, 2.05) is 11.8 Å². The van der Waals surface area contributed by atoms with Crippen molar-refractivity contribution in [2.24, 2.45) is 5.92 Å². The van der Waals surface area contributed by atoms with E-state index in [4.69, 9.17) is 4.74 Å². The van der Waals surface area contributed by atoms with Crippen LogP contribution in [0.2, 0.25) is 0 Å². The lowest BCUT2D eigenvalue weighted by Gasteiger charge is -2.39. The number of anilines is 1. The number of carbonyl (C=O) groups excluding carboxylic acids is 2. The molecule has 2 atom stereocenters. The fourth-order valence-electron chi connectivity index (χ4n) is 4.21. The van der Waals surface area contributed by atoms with E-state index in [2.05, 4.69) is 15.6 Å². The molecule has 2 N–H and O–H groups in total. The summed E-state index contributed by atoms with van der Waals surface area (Å²) in [5.74, 6) is 0.00186. The van der Waals surface area contributed by atoms with Crippen LogP contribution in [-0.2, 0) is 15.7 Å². The minimum atomic E-state index is -4.50. The number of piperidine rings is 1. The van der Waals surface area contributed by atoms with Crippen molar-refractivity contribution in [2.75, 3.05) is 24.5 Å². The van der Waals surface area contributed by atoms with Crippen molar-refractivity contribution in [1.29, 1.82) is 0 Å². The maximum atomic E-state index is 13.5. The van der Waals surface area contributed by atoms with Crippen molar-refractivity contribution in [1.82, 2.24) is 15.6 Å². The number of hydrogen-bond acceptors (Lipinski definition) is 5. The molecule has 2 unspecified atom stereocenters. The number of alkyl halides is 3. The third-order valence-corrected chi connectivity index (χ3v) is 5.44. The van der Waals surface area contributed by atoms with Crippen molar-refractivity contribution in [2.45, 2.75) is 58.4 Å². The van der Waals surface area contributed by atoms with Gasteiger partial charge in [0.25, 0.3) is 0 Å². The second-order valence-electron chi connectivity index (χ2n) is 9.72. The van der Waals surface area contributed by atoms with Gasteiger partial charge >= 0.3 is 12.3 Å². The van der Waals surface area contributed by atoms with E-state index in [0.717, 1.165) is 12.5 Å². The molecule has 1 saturated heterocycles. The van der Waals surface area contributed by atoms with Gasteiger partial charge in [-0.3, -0.25) is 9.78 Å². The number of alkyl carbamates (subject to hydrolysis) is 1. The molecule has 0 radical (unpaired) electrons. The number of nitrogens with zero attached hydrogens (tertiary/aromatic N) is 2. The fourth-order valence-corrected chi connectivity index (χ4v) is 4.21. The summed E-state index contributed by atoms with van der Waals surface area (Å²) in [5.41, 5.74) is -0.807. The highest BCUT2D eigenvalue weighted by molar-refractivity contribution is 5.94. The monoisotopic (exact) mass is 480 g/mol. The number of rotatable bonds is 5. The van der Waals surface area contributed by atoms with E-state index in [1.54, 1.807) is 32.9 Å². The first-order chi connectivity index (χ1) is 15.8. The van der Waals surface area contributed by atoms with Gasteiger partial charge in [-0.1, -0.05) is 6.92 Å². The summed E-state index contributed by atoms with van der Waals surface area (Å²) >= 11 is 0. The summed E-state index contributed by atoms with van der Waals surface area (Å²) in [6.45, 7) is 8.57. The molecule has 2 amide bonds. The molecule has 0 saturated carbocycles. The Labute approximate surface area is 197 Å². The Morgan fingerprint density at radius 2 is 1.91 bits per heavy atom. The maximum Gasteiger partial charge on any atom is 0.418 e. The lowest BCUT2D eigenvalue weighted by atomic mass is 9.94. The van der Waals surface area contributed by atoms with E-state index in [9.17, 15) is 22.8 Å². The van der Waals surface area contributed by atoms with E-state index in [-0.39, 0.29) is 36.3 Å². The summed E-state index contributed by atoms with van der Waals surface area (Å²) in [4.78, 5) is 30.2. The van der Waals surface area contributed by atoms with Crippen LogP contribution in [0.4, 0.5) is 23.7 Å². The number of fused-ring (bicyclic) bond motifs is 1. The number of ether oxygens (including phenoxy) is 1. The molecule has 0 bridgehead atoms. The van der Waals surface area contributed by atoms with Crippen molar-refractivity contribution in [3.05, 3.63) is 36.0 Å². The van der Waals surface area contributed by atoms with Crippen LogP contribution in [0, 0.1) is 5.92 Å². The molecule has 1 aromatic heterocycles. The van der Waals surface area contributed by atoms with Gasteiger partial charge in [0.05, 0.1) is 11.1 Å². The van der Waals surface area contributed by atoms with Crippen LogP contribution in [0.25, 0.3) is 10.9 Å². The zero-order valence-electron chi connectivity index (χ0n) is 19.8. The number of aromatic nitrogens is 1. The predicted octanol–water partition coefficient (Wildman–Crippen LogP) is 4.50. The van der Waals surface area contributed by atoms with E-state index < -0.39 is 23.4 Å². The van der Waals surface area contributed by atoms with Gasteiger partial charge in [0.1, 0.15) is 5.60 Å². The van der Waals surface area contributed by atoms with Gasteiger partial charge in [0.2, 0.25) is 5.91 Å². The molecular formula is C24H31F3N4O3. The zero-order chi connectivity index (χ0) is 25.1. The second kappa shape index (κ2) is 10.1. The highest BCUT2D eigenvalue weighted by atomic mass is 19.4. The number of carbonyl (C=O) groups is 2. The van der Waals surface area contributed by atoms with Gasteiger partial charge in [-0.25, -0.2) is 4.79 Å². The van der Waals surface area contributed by atoms with E-state index in [0.29, 0.717) is 24.2 Å². The predicted molar refractivity (Wildman–Crippen MR) is 124 cm³/mol. The van der Waals surface area contributed by atoms with Crippen LogP contribution in [0.1, 0.15) is 46.1 Å². The molecule has 2 heterocycles. The van der Waals surface area contributed by atoms with Crippen LogP contribution in [0.5, 0.6) is 0 Å². The molecule has 3 rings (SSSR count). The van der Waals surface area contributed by atoms with Crippen molar-refractivity contribution in [3.63, 3.8) is 0 Å². The van der Waals surface area contributed by atoms with Gasteiger partial charge in [0.15, 0.2) is 0 Å². The molecule has 0 spiro atoms. The van der Waals surface area contributed by atoms with Crippen LogP contribution >= 0.6 is 0 Å². The summed E-state index contributed by atoms with van der Waals surface area (Å²) in [6.07, 6.45) is -2.88. The summed E-state index contributed by atoms with van der Waals surface area (Å²) in [6, 6.07) is 5.64. The van der Waals surface area contributed by atoms with Crippen LogP contribution in [0.3, 0.4) is 0 Å². The molecule has 0 aliphatic carbocycles. The molecule has 1 aromatic carbocycles. The summed E-state index contributed by atoms with van der Waals surface area (Å²) in [5, 5.41) is 5.97. The van der Waals surface area contributed by atoms with Gasteiger partial charge in [-0.2, -0.15) is 13.2 Å². The number of amides is 2. The van der Waals surface area contributed by atoms with Crippen LogP contribution in [0.15, 0.2) is 30.5 Å². The molecule has 2 aromatic rings. The molecule has 1 aliphatic rings. The lowest BCUT2D eigenvalue weighted by molar-refractivity contribution is -0.136. The third kappa shape index (κ3) is 6.74. The van der Waals surface area contributed by atoms with Crippen molar-refractivity contribution in [3.8, 4) is 0 Å². The van der Waals surface area contributed by atoms with Gasteiger partial charge < -0.3 is 20.3 Å². The SMILES string of the molecule is CC1CC(NC(=O)CCNC(=O)OC(C)(C)C)CN(c2ccc(C(F)(F)F)c3ncccc23)C1. The molecule has 10 heteroatoms. The number of nitrogens with one attached hydrogen (secondary N) is 2. The van der Waals surface area contributed by atoms with Crippen molar-refractivity contribution < 1.29 is 27.5 Å². The Morgan fingerprint density at radius 3 is 2.59 bits per heavy atom. The quantitative estimate of drug-likeness (QED) is 0.659. The Bertz CT molecular complexity index is 1040. The molecule has 7 nitrogen and oxygen atoms in total. The normalized spacial score (nSPS) is 19.1. The van der Waals surface area contributed by atoms with Gasteiger partial charge in [0, 0.05) is 49.4 Å². The number of hydrogen-bond donors (Lipinski definition) is 2. The van der Waals surface area contributed by atoms with E-state index in [1.165, 1.54) is 12.3 Å². The molecule has 1 fully saturated rings. The minimum Gasteiger partial charge on any atom is -0.444 e. The average Bonchev–Trinajstić information content (AvgIpc) is 2.70. The topological polar surface area (TPSA) is 83.6 Å². The standard InChI is InChI=1S/C24H31F3N4O3/c1-15-12-16(30-20(32)9-11-29-22(33)34-23(2,3)4)14-31(13-15)19-8-7-18(24(25,26)27)21-17(19)6-5-10-28-21/h5-8,10,15-16H,9,11-14H2,1-4H3,(H,29,33)(H,30,32). The lowest BCUT2D eigenvalue weighted by Crippen LogP contribution is -2.51. The summed E-state index contributed by atoms with van der Waals surface area (Å²) < 4.78 is 45.5. The third-order valence-electron chi connectivity index (χ3n) is 5.44. The Hall–Kier alpha value is -3.04. The van der Waals surface area contributed by atoms with Crippen molar-refractivity contribution >= 4 is 28.6 Å². The zero-order valence-corrected chi connectivity index (χ0v) is 19.8. The molecule has 186 valence electrons. The second-order valence-corrected chi connectivity index (χ2v) is 9.72. The van der Waals surface area contributed by atoms with Gasteiger partial charge in [-0.15, -0.1) is 0 Å². The first kappa shape index (κ1) is 25.6. The Kier molecular flexibility index (Phi) is 7.57. The Morgan fingerprint density at radius 1 is 1.18 bits per heavy atom. The van der Waals surface area contributed by atoms with E-state index >= 15 is 0 Å². The number of benzene rings is 1. The molecule has 34 heavy (non-hydrogen) atoms. The first-order valence-corrected chi connectivity index (χ1v) is 11.3. The molecule has 1 aliphatic heterocycles. The van der Waals surface area contributed by atoms with Crippen LogP contribution in [-0.4, -0.2) is 48.3 Å². The average molecular weight is 481 g/mol. The van der Waals surface area contributed by atoms with Crippen LogP contribution < -0.4 is 15.5 Å². The Balaban J connectivity index is 1.66. The number of halogens is 3. The smallest absolute Gasteiger partial charge is 0.418 e. The highest BCUT2D eigenvalue weighted by Gasteiger charge is 2.35. The molecular weight excluding hydrogens is 449 g/mol. The minimum absolute atomic E-state index is 0.0838. The maximum absolute atomic E-state index is 13.5. The fraction of sp³-hybridized carbons (Fsp3) is 0.542. The largest absolute Gasteiger partial charge is 0.444 e. The highest BCUT2D eigenvalue weighted by Crippen LogP contribution is 2.38. The summed E-state index contributed by atoms with van der Waals surface area (Å²) in [7, 11) is 0.